The molecular formula is C16H25FN2O. The normalized spacial score (nSPS) is 19.1. The van der Waals surface area contributed by atoms with Crippen LogP contribution in [0.2, 0.25) is 0 Å². The summed E-state index contributed by atoms with van der Waals surface area (Å²) in [6.45, 7) is 2.62. The number of benzene rings is 1. The van der Waals surface area contributed by atoms with Gasteiger partial charge in [-0.25, -0.2) is 4.39 Å². The van der Waals surface area contributed by atoms with Gasteiger partial charge in [-0.3, -0.25) is 4.90 Å². The summed E-state index contributed by atoms with van der Waals surface area (Å²) in [5.74, 6) is -0.0207. The smallest absolute Gasteiger partial charge is 0.165 e. The van der Waals surface area contributed by atoms with Gasteiger partial charge >= 0.3 is 0 Å². The summed E-state index contributed by atoms with van der Waals surface area (Å²) in [5.41, 5.74) is 6.90. The van der Waals surface area contributed by atoms with Crippen molar-refractivity contribution in [2.75, 3.05) is 26.7 Å². The maximum atomic E-state index is 13.9. The van der Waals surface area contributed by atoms with Gasteiger partial charge in [0, 0.05) is 12.6 Å². The number of rotatable bonds is 4. The van der Waals surface area contributed by atoms with E-state index in [4.69, 9.17) is 10.5 Å². The average molecular weight is 280 g/mol. The fourth-order valence-electron chi connectivity index (χ4n) is 2.97. The predicted octanol–water partition coefficient (Wildman–Crippen LogP) is 3.10. The third kappa shape index (κ3) is 3.70. The van der Waals surface area contributed by atoms with Crippen LogP contribution in [-0.2, 0) is 0 Å². The molecule has 1 fully saturated rings. The molecule has 20 heavy (non-hydrogen) atoms. The molecule has 0 radical (unpaired) electrons. The molecule has 1 unspecified atom stereocenters. The Kier molecular flexibility index (Phi) is 5.80. The summed E-state index contributed by atoms with van der Waals surface area (Å²) in [7, 11) is 1.48. The molecule has 3 nitrogen and oxygen atoms in total. The molecule has 0 bridgehead atoms. The Morgan fingerprint density at radius 3 is 2.40 bits per heavy atom. The maximum absolute atomic E-state index is 13.9. The zero-order valence-corrected chi connectivity index (χ0v) is 12.3. The van der Waals surface area contributed by atoms with E-state index in [1.165, 1.54) is 39.2 Å². The van der Waals surface area contributed by atoms with E-state index < -0.39 is 0 Å². The van der Waals surface area contributed by atoms with E-state index in [0.29, 0.717) is 6.54 Å². The Bertz CT molecular complexity index is 417. The van der Waals surface area contributed by atoms with Crippen LogP contribution in [-0.4, -0.2) is 31.6 Å². The lowest BCUT2D eigenvalue weighted by Gasteiger charge is -2.32. The first-order chi connectivity index (χ1) is 9.76. The van der Waals surface area contributed by atoms with Crippen molar-refractivity contribution in [1.29, 1.82) is 0 Å². The van der Waals surface area contributed by atoms with Gasteiger partial charge in [0.15, 0.2) is 11.6 Å². The van der Waals surface area contributed by atoms with E-state index >= 15 is 0 Å². The molecule has 1 aromatic carbocycles. The molecule has 1 aromatic rings. The van der Waals surface area contributed by atoms with Crippen molar-refractivity contribution >= 4 is 0 Å². The van der Waals surface area contributed by atoms with Crippen LogP contribution in [0.15, 0.2) is 18.2 Å². The zero-order chi connectivity index (χ0) is 14.4. The number of nitrogens with two attached hydrogens (primary N) is 1. The predicted molar refractivity (Wildman–Crippen MR) is 79.4 cm³/mol. The average Bonchev–Trinajstić information content (AvgIpc) is 2.42. The number of hydrogen-bond acceptors (Lipinski definition) is 3. The van der Waals surface area contributed by atoms with E-state index in [9.17, 15) is 4.39 Å². The summed E-state index contributed by atoms with van der Waals surface area (Å²) >= 11 is 0. The highest BCUT2D eigenvalue weighted by molar-refractivity contribution is 5.31. The minimum Gasteiger partial charge on any atom is -0.494 e. The van der Waals surface area contributed by atoms with Crippen molar-refractivity contribution in [3.05, 3.63) is 29.6 Å². The number of halogens is 1. The highest BCUT2D eigenvalue weighted by Gasteiger charge is 2.20. The molecule has 1 atom stereocenters. The standard InChI is InChI=1S/C16H25FN2O/c1-20-16-8-7-13(11-14(16)17)15(12-18)19-9-5-3-2-4-6-10-19/h7-8,11,15H,2-6,9-10,12,18H2,1H3. The van der Waals surface area contributed by atoms with Crippen molar-refractivity contribution in [2.45, 2.75) is 38.1 Å². The van der Waals surface area contributed by atoms with Gasteiger partial charge in [-0.15, -0.1) is 0 Å². The van der Waals surface area contributed by atoms with Crippen LogP contribution in [0.3, 0.4) is 0 Å². The van der Waals surface area contributed by atoms with E-state index in [1.807, 2.05) is 6.07 Å². The van der Waals surface area contributed by atoms with Crippen molar-refractivity contribution in [1.82, 2.24) is 4.90 Å². The van der Waals surface area contributed by atoms with Crippen molar-refractivity contribution in [3.8, 4) is 5.75 Å². The highest BCUT2D eigenvalue weighted by atomic mass is 19.1. The quantitative estimate of drug-likeness (QED) is 0.921. The molecule has 112 valence electrons. The minimum atomic E-state index is -0.310. The van der Waals surface area contributed by atoms with Crippen LogP contribution in [0.25, 0.3) is 0 Å². The fraction of sp³-hybridized carbons (Fsp3) is 0.625. The molecule has 0 aliphatic carbocycles. The monoisotopic (exact) mass is 280 g/mol. The second-order valence-electron chi connectivity index (χ2n) is 5.45. The Morgan fingerprint density at radius 1 is 1.20 bits per heavy atom. The third-order valence-electron chi connectivity index (χ3n) is 4.12. The first-order valence-corrected chi connectivity index (χ1v) is 7.54. The summed E-state index contributed by atoms with van der Waals surface area (Å²) in [5, 5.41) is 0. The topological polar surface area (TPSA) is 38.5 Å². The maximum Gasteiger partial charge on any atom is 0.165 e. The van der Waals surface area contributed by atoms with Crippen LogP contribution in [0.1, 0.15) is 43.7 Å². The van der Waals surface area contributed by atoms with Crippen molar-refractivity contribution < 1.29 is 9.13 Å². The second-order valence-corrected chi connectivity index (χ2v) is 5.45. The summed E-state index contributed by atoms with van der Waals surface area (Å²) in [6.07, 6.45) is 6.30. The summed E-state index contributed by atoms with van der Waals surface area (Å²) in [6, 6.07) is 5.29. The van der Waals surface area contributed by atoms with Crippen LogP contribution >= 0.6 is 0 Å². The first-order valence-electron chi connectivity index (χ1n) is 7.54. The second kappa shape index (κ2) is 7.60. The molecular weight excluding hydrogens is 255 g/mol. The van der Waals surface area contributed by atoms with Gasteiger partial charge < -0.3 is 10.5 Å². The zero-order valence-electron chi connectivity index (χ0n) is 12.3. The van der Waals surface area contributed by atoms with Gasteiger partial charge in [0.05, 0.1) is 7.11 Å². The van der Waals surface area contributed by atoms with Crippen LogP contribution in [0.5, 0.6) is 5.75 Å². The van der Waals surface area contributed by atoms with E-state index in [2.05, 4.69) is 4.90 Å². The molecule has 0 aromatic heterocycles. The Hall–Kier alpha value is -1.13. The molecule has 2 rings (SSSR count). The Balaban J connectivity index is 2.15. The van der Waals surface area contributed by atoms with Crippen LogP contribution in [0.4, 0.5) is 4.39 Å². The van der Waals surface area contributed by atoms with Crippen molar-refractivity contribution in [3.63, 3.8) is 0 Å². The SMILES string of the molecule is COc1ccc(C(CN)N2CCCCCCC2)cc1F. The molecule has 1 saturated heterocycles. The van der Waals surface area contributed by atoms with Gasteiger partial charge in [0.2, 0.25) is 0 Å². The van der Waals surface area contributed by atoms with E-state index in [-0.39, 0.29) is 17.6 Å². The van der Waals surface area contributed by atoms with Gasteiger partial charge in [-0.1, -0.05) is 25.3 Å². The Labute approximate surface area is 120 Å². The fourth-order valence-corrected chi connectivity index (χ4v) is 2.97. The largest absolute Gasteiger partial charge is 0.494 e. The number of methoxy groups -OCH3 is 1. The van der Waals surface area contributed by atoms with Crippen molar-refractivity contribution in [2.24, 2.45) is 5.73 Å². The number of hydrogen-bond donors (Lipinski definition) is 1. The van der Waals surface area contributed by atoms with Gasteiger partial charge in [-0.2, -0.15) is 0 Å². The molecule has 1 heterocycles. The first kappa shape index (κ1) is 15.3. The number of likely N-dealkylation sites (tertiary alicyclic amines) is 1. The third-order valence-corrected chi connectivity index (χ3v) is 4.12. The van der Waals surface area contributed by atoms with E-state index in [1.54, 1.807) is 12.1 Å². The van der Waals surface area contributed by atoms with Gasteiger partial charge in [0.1, 0.15) is 0 Å². The van der Waals surface area contributed by atoms with E-state index in [0.717, 1.165) is 18.7 Å². The number of nitrogens with zero attached hydrogens (tertiary/aromatic N) is 1. The van der Waals surface area contributed by atoms with Gasteiger partial charge in [-0.05, 0) is 43.6 Å². The summed E-state index contributed by atoms with van der Waals surface area (Å²) in [4.78, 5) is 2.40. The molecule has 2 N–H and O–H groups in total. The molecule has 4 heteroatoms. The molecule has 0 amide bonds. The summed E-state index contributed by atoms with van der Waals surface area (Å²) < 4.78 is 18.9. The minimum absolute atomic E-state index is 0.105. The highest BCUT2D eigenvalue weighted by Crippen LogP contribution is 2.26. The Morgan fingerprint density at radius 2 is 1.85 bits per heavy atom. The molecule has 0 saturated carbocycles. The lowest BCUT2D eigenvalue weighted by molar-refractivity contribution is 0.183. The lowest BCUT2D eigenvalue weighted by Crippen LogP contribution is -2.36. The molecule has 1 aliphatic rings. The van der Waals surface area contributed by atoms with Gasteiger partial charge in [0.25, 0.3) is 0 Å². The molecule has 0 spiro atoms. The van der Waals surface area contributed by atoms with Crippen LogP contribution in [0, 0.1) is 5.82 Å². The molecule has 1 aliphatic heterocycles. The van der Waals surface area contributed by atoms with Crippen LogP contribution < -0.4 is 10.5 Å². The number of ether oxygens (including phenoxy) is 1. The lowest BCUT2D eigenvalue weighted by atomic mass is 10.0.